The maximum Gasteiger partial charge on any atom is 0.268 e. The van der Waals surface area contributed by atoms with Gasteiger partial charge in [0.15, 0.2) is 0 Å². The fourth-order valence-corrected chi connectivity index (χ4v) is 3.58. The molecule has 0 amide bonds. The average molecular weight is 366 g/mol. The highest BCUT2D eigenvalue weighted by Gasteiger charge is 2.23. The SMILES string of the molecule is CS(=O)(=O)N1CCN(Cn2nc(-c3ccccc3F)ccc2=O)CC1. The number of hydrogen-bond acceptors (Lipinski definition) is 5. The van der Waals surface area contributed by atoms with Crippen molar-refractivity contribution >= 4 is 10.0 Å². The van der Waals surface area contributed by atoms with E-state index in [-0.39, 0.29) is 12.2 Å². The van der Waals surface area contributed by atoms with E-state index >= 15 is 0 Å². The van der Waals surface area contributed by atoms with Gasteiger partial charge < -0.3 is 0 Å². The third-order valence-corrected chi connectivity index (χ3v) is 5.45. The molecule has 1 aromatic carbocycles. The van der Waals surface area contributed by atoms with E-state index in [0.717, 1.165) is 0 Å². The number of hydrogen-bond donors (Lipinski definition) is 0. The van der Waals surface area contributed by atoms with Crippen LogP contribution in [-0.4, -0.2) is 59.8 Å². The van der Waals surface area contributed by atoms with Crippen LogP contribution in [0.3, 0.4) is 0 Å². The van der Waals surface area contributed by atoms with E-state index in [9.17, 15) is 17.6 Å². The lowest BCUT2D eigenvalue weighted by atomic mass is 10.1. The van der Waals surface area contributed by atoms with Gasteiger partial charge in [-0.25, -0.2) is 17.5 Å². The van der Waals surface area contributed by atoms with Gasteiger partial charge in [0, 0.05) is 37.8 Å². The number of piperazine rings is 1. The van der Waals surface area contributed by atoms with E-state index < -0.39 is 15.8 Å². The third kappa shape index (κ3) is 4.12. The van der Waals surface area contributed by atoms with Gasteiger partial charge in [-0.05, 0) is 18.2 Å². The summed E-state index contributed by atoms with van der Waals surface area (Å²) in [5.41, 5.74) is 0.427. The minimum Gasteiger partial charge on any atom is -0.282 e. The molecule has 0 unspecified atom stereocenters. The molecule has 0 aliphatic carbocycles. The second-order valence-electron chi connectivity index (χ2n) is 5.96. The summed E-state index contributed by atoms with van der Waals surface area (Å²) >= 11 is 0. The summed E-state index contributed by atoms with van der Waals surface area (Å²) in [6.07, 6.45) is 1.19. The van der Waals surface area contributed by atoms with Gasteiger partial charge in [0.25, 0.3) is 5.56 Å². The van der Waals surface area contributed by atoms with Crippen molar-refractivity contribution in [3.05, 3.63) is 52.6 Å². The maximum absolute atomic E-state index is 13.9. The zero-order chi connectivity index (χ0) is 18.0. The summed E-state index contributed by atoms with van der Waals surface area (Å²) in [6, 6.07) is 9.12. The fraction of sp³-hybridized carbons (Fsp3) is 0.375. The molecule has 134 valence electrons. The summed E-state index contributed by atoms with van der Waals surface area (Å²) in [6.45, 7) is 2.00. The number of nitrogens with zero attached hydrogens (tertiary/aromatic N) is 4. The van der Waals surface area contributed by atoms with Crippen molar-refractivity contribution in [2.45, 2.75) is 6.67 Å². The van der Waals surface area contributed by atoms with Crippen molar-refractivity contribution in [3.63, 3.8) is 0 Å². The molecule has 0 saturated carbocycles. The van der Waals surface area contributed by atoms with Gasteiger partial charge in [0.1, 0.15) is 5.82 Å². The van der Waals surface area contributed by atoms with Crippen LogP contribution in [0.15, 0.2) is 41.2 Å². The van der Waals surface area contributed by atoms with E-state index in [1.165, 1.54) is 33.4 Å². The highest BCUT2D eigenvalue weighted by atomic mass is 32.2. The molecule has 0 bridgehead atoms. The van der Waals surface area contributed by atoms with Crippen LogP contribution in [0.1, 0.15) is 0 Å². The molecule has 1 saturated heterocycles. The molecule has 1 aliphatic heterocycles. The molecule has 25 heavy (non-hydrogen) atoms. The Morgan fingerprint density at radius 2 is 1.76 bits per heavy atom. The summed E-state index contributed by atoms with van der Waals surface area (Å²) in [7, 11) is -3.20. The van der Waals surface area contributed by atoms with E-state index in [2.05, 4.69) is 5.10 Å². The van der Waals surface area contributed by atoms with Crippen LogP contribution in [0.25, 0.3) is 11.3 Å². The molecule has 0 atom stereocenters. The number of benzene rings is 1. The molecule has 0 N–H and O–H groups in total. The van der Waals surface area contributed by atoms with E-state index in [0.29, 0.717) is 37.4 Å². The lowest BCUT2D eigenvalue weighted by molar-refractivity contribution is 0.143. The molecule has 0 spiro atoms. The number of rotatable bonds is 4. The second-order valence-corrected chi connectivity index (χ2v) is 7.94. The minimum atomic E-state index is -3.20. The first kappa shape index (κ1) is 17.7. The van der Waals surface area contributed by atoms with E-state index in [4.69, 9.17) is 0 Å². The largest absolute Gasteiger partial charge is 0.282 e. The standard InChI is InChI=1S/C16H19FN4O3S/c1-25(23,24)20-10-8-19(9-11-20)12-21-16(22)7-6-15(18-21)13-4-2-3-5-14(13)17/h2-7H,8-12H2,1H3. The van der Waals surface area contributed by atoms with E-state index in [1.807, 2.05) is 4.90 Å². The number of halogens is 1. The van der Waals surface area contributed by atoms with Crippen LogP contribution in [0.4, 0.5) is 4.39 Å². The maximum atomic E-state index is 13.9. The molecule has 1 aliphatic rings. The zero-order valence-corrected chi connectivity index (χ0v) is 14.6. The summed E-state index contributed by atoms with van der Waals surface area (Å²) in [5.74, 6) is -0.401. The van der Waals surface area contributed by atoms with E-state index in [1.54, 1.807) is 18.2 Å². The number of aromatic nitrogens is 2. The van der Waals surface area contributed by atoms with Crippen LogP contribution >= 0.6 is 0 Å². The van der Waals surface area contributed by atoms with Gasteiger partial charge in [-0.3, -0.25) is 9.69 Å². The predicted molar refractivity (Wildman–Crippen MR) is 91.9 cm³/mol. The lowest BCUT2D eigenvalue weighted by Crippen LogP contribution is -2.49. The van der Waals surface area contributed by atoms with Gasteiger partial charge in [-0.1, -0.05) is 12.1 Å². The van der Waals surface area contributed by atoms with Crippen molar-refractivity contribution in [1.29, 1.82) is 0 Å². The Morgan fingerprint density at radius 3 is 2.40 bits per heavy atom. The molecule has 2 aromatic rings. The summed E-state index contributed by atoms with van der Waals surface area (Å²) in [5, 5.41) is 4.26. The zero-order valence-electron chi connectivity index (χ0n) is 13.8. The molecule has 3 rings (SSSR count). The van der Waals surface area contributed by atoms with Gasteiger partial charge in [-0.2, -0.15) is 9.40 Å². The monoisotopic (exact) mass is 366 g/mol. The third-order valence-electron chi connectivity index (χ3n) is 4.15. The topological polar surface area (TPSA) is 75.5 Å². The quantitative estimate of drug-likeness (QED) is 0.791. The van der Waals surface area contributed by atoms with Gasteiger partial charge in [0.2, 0.25) is 10.0 Å². The van der Waals surface area contributed by atoms with Crippen LogP contribution < -0.4 is 5.56 Å². The van der Waals surface area contributed by atoms with Crippen LogP contribution in [-0.2, 0) is 16.7 Å². The molecule has 2 heterocycles. The molecule has 7 nitrogen and oxygen atoms in total. The second kappa shape index (κ2) is 7.03. The summed E-state index contributed by atoms with van der Waals surface area (Å²) < 4.78 is 39.7. The molecular weight excluding hydrogens is 347 g/mol. The fourth-order valence-electron chi connectivity index (χ4n) is 2.75. The first-order valence-corrected chi connectivity index (χ1v) is 9.70. The highest BCUT2D eigenvalue weighted by Crippen LogP contribution is 2.19. The Labute approximate surface area is 145 Å². The smallest absolute Gasteiger partial charge is 0.268 e. The Morgan fingerprint density at radius 1 is 1.08 bits per heavy atom. The predicted octanol–water partition coefficient (Wildman–Crippen LogP) is 0.584. The molecule has 1 aromatic heterocycles. The molecular formula is C16H19FN4O3S. The van der Waals surface area contributed by atoms with Crippen LogP contribution in [0.5, 0.6) is 0 Å². The van der Waals surface area contributed by atoms with Gasteiger partial charge in [-0.15, -0.1) is 0 Å². The Kier molecular flexibility index (Phi) is 4.98. The van der Waals surface area contributed by atoms with Crippen molar-refractivity contribution < 1.29 is 12.8 Å². The normalized spacial score (nSPS) is 16.9. The Hall–Kier alpha value is -2.10. The first-order chi connectivity index (χ1) is 11.8. The van der Waals surface area contributed by atoms with Crippen molar-refractivity contribution in [3.8, 4) is 11.3 Å². The van der Waals surface area contributed by atoms with Crippen LogP contribution in [0.2, 0.25) is 0 Å². The van der Waals surface area contributed by atoms with Crippen molar-refractivity contribution in [2.75, 3.05) is 32.4 Å². The Bertz CT molecular complexity index is 921. The number of sulfonamides is 1. The lowest BCUT2D eigenvalue weighted by Gasteiger charge is -2.33. The Balaban J connectivity index is 1.77. The van der Waals surface area contributed by atoms with Crippen molar-refractivity contribution in [1.82, 2.24) is 19.0 Å². The van der Waals surface area contributed by atoms with Gasteiger partial charge >= 0.3 is 0 Å². The van der Waals surface area contributed by atoms with Gasteiger partial charge in [0.05, 0.1) is 18.6 Å². The highest BCUT2D eigenvalue weighted by molar-refractivity contribution is 7.88. The minimum absolute atomic E-state index is 0.235. The molecule has 9 heteroatoms. The molecule has 1 fully saturated rings. The summed E-state index contributed by atoms with van der Waals surface area (Å²) in [4.78, 5) is 14.0. The molecule has 0 radical (unpaired) electrons. The average Bonchev–Trinajstić information content (AvgIpc) is 2.57. The first-order valence-electron chi connectivity index (χ1n) is 7.85. The van der Waals surface area contributed by atoms with Crippen molar-refractivity contribution in [2.24, 2.45) is 0 Å². The van der Waals surface area contributed by atoms with Crippen LogP contribution in [0, 0.1) is 5.82 Å².